The van der Waals surface area contributed by atoms with Crippen molar-refractivity contribution in [1.29, 1.82) is 0 Å². The van der Waals surface area contributed by atoms with Crippen molar-refractivity contribution in [2.75, 3.05) is 0 Å². The topological polar surface area (TPSA) is 77.3 Å². The van der Waals surface area contributed by atoms with E-state index in [0.29, 0.717) is 46.2 Å². The van der Waals surface area contributed by atoms with Gasteiger partial charge in [-0.15, -0.1) is 0 Å². The highest BCUT2D eigenvalue weighted by molar-refractivity contribution is 6.29. The number of carbonyl (C=O) groups is 1. The second-order valence-corrected chi connectivity index (χ2v) is 9.00. The Balaban J connectivity index is 1.46. The molecule has 0 radical (unpaired) electrons. The van der Waals surface area contributed by atoms with Gasteiger partial charge in [0.15, 0.2) is 11.9 Å². The fourth-order valence-corrected chi connectivity index (χ4v) is 4.13. The van der Waals surface area contributed by atoms with Crippen molar-refractivity contribution < 1.29 is 14.0 Å². The number of aromatic nitrogens is 3. The van der Waals surface area contributed by atoms with Crippen molar-refractivity contribution in [3.63, 3.8) is 0 Å². The Hall–Kier alpha value is -3.97. The van der Waals surface area contributed by atoms with E-state index >= 15 is 0 Å². The van der Waals surface area contributed by atoms with Crippen molar-refractivity contribution >= 4 is 23.1 Å². The molecule has 1 unspecified atom stereocenters. The van der Waals surface area contributed by atoms with E-state index in [1.807, 2.05) is 37.3 Å². The highest BCUT2D eigenvalue weighted by atomic mass is 35.5. The molecule has 5 rings (SSSR count). The van der Waals surface area contributed by atoms with Crippen LogP contribution in [0.5, 0.6) is 0 Å². The van der Waals surface area contributed by atoms with E-state index in [1.54, 1.807) is 36.7 Å². The van der Waals surface area contributed by atoms with Crippen molar-refractivity contribution in [2.45, 2.75) is 32.3 Å². The van der Waals surface area contributed by atoms with E-state index in [1.165, 1.54) is 6.07 Å². The van der Waals surface area contributed by atoms with Crippen LogP contribution in [0.15, 0.2) is 78.2 Å². The summed E-state index contributed by atoms with van der Waals surface area (Å²) in [6, 6.07) is 17.4. The van der Waals surface area contributed by atoms with Crippen LogP contribution in [0.3, 0.4) is 0 Å². The second-order valence-electron chi connectivity index (χ2n) is 8.61. The van der Waals surface area contributed by atoms with E-state index in [0.717, 1.165) is 16.8 Å². The number of pyridine rings is 3. The molecule has 0 amide bonds. The lowest BCUT2D eigenvalue weighted by Gasteiger charge is -2.10. The Morgan fingerprint density at radius 1 is 1.08 bits per heavy atom. The molecule has 0 N–H and O–H groups in total. The van der Waals surface area contributed by atoms with Gasteiger partial charge >= 0.3 is 0 Å². The Labute approximate surface area is 212 Å². The Morgan fingerprint density at radius 2 is 1.94 bits per heavy atom. The minimum Gasteiger partial charge on any atom is -0.385 e. The first-order valence-electron chi connectivity index (χ1n) is 11.5. The van der Waals surface area contributed by atoms with E-state index in [4.69, 9.17) is 16.4 Å². The maximum atomic E-state index is 14.9. The van der Waals surface area contributed by atoms with Gasteiger partial charge in [0.1, 0.15) is 16.7 Å². The van der Waals surface area contributed by atoms with Gasteiger partial charge in [0.05, 0.1) is 17.1 Å². The smallest absolute Gasteiger partial charge is 0.175 e. The zero-order chi connectivity index (χ0) is 25.1. The fraction of sp³-hybridized carbons (Fsp3) is 0.179. The molecule has 1 aliphatic rings. The molecule has 1 aliphatic heterocycles. The van der Waals surface area contributed by atoms with Gasteiger partial charge in [-0.25, -0.2) is 14.4 Å². The van der Waals surface area contributed by atoms with Crippen LogP contribution in [0, 0.1) is 12.7 Å². The summed E-state index contributed by atoms with van der Waals surface area (Å²) in [5.74, 6) is -0.496. The van der Waals surface area contributed by atoms with Gasteiger partial charge in [0.2, 0.25) is 0 Å². The Kier molecular flexibility index (Phi) is 6.82. The van der Waals surface area contributed by atoms with E-state index in [9.17, 15) is 9.18 Å². The van der Waals surface area contributed by atoms with Gasteiger partial charge in [-0.3, -0.25) is 9.78 Å². The molecule has 180 valence electrons. The molecule has 0 spiro atoms. The standard InChI is InChI=1S/C28H22ClFN4O2/c1-17-5-8-20(21(30)12-17)23-13-19(26(35)9-6-18-7-10-28(29)32-16-18)14-24(33-23)25-15-27(36-34-25)22-4-2-3-11-31-22/h2-5,7-8,10-14,16,27H,6,9,15H2,1H3. The summed E-state index contributed by atoms with van der Waals surface area (Å²) in [6.07, 6.45) is 4.20. The molecule has 1 atom stereocenters. The molecular weight excluding hydrogens is 479 g/mol. The largest absolute Gasteiger partial charge is 0.385 e. The van der Waals surface area contributed by atoms with Gasteiger partial charge in [-0.1, -0.05) is 35.0 Å². The Morgan fingerprint density at radius 3 is 2.69 bits per heavy atom. The SMILES string of the molecule is Cc1ccc(-c2cc(C(=O)CCc3ccc(Cl)nc3)cc(C3=NOC(c4ccccn4)C3)n2)c(F)c1. The van der Waals surface area contributed by atoms with Crippen molar-refractivity contribution in [1.82, 2.24) is 15.0 Å². The quantitative estimate of drug-likeness (QED) is 0.219. The first-order valence-corrected chi connectivity index (χ1v) is 11.9. The number of hydrogen-bond acceptors (Lipinski definition) is 6. The second kappa shape index (κ2) is 10.3. The van der Waals surface area contributed by atoms with E-state index in [-0.39, 0.29) is 18.3 Å². The molecule has 4 aromatic rings. The lowest BCUT2D eigenvalue weighted by molar-refractivity contribution is 0.0826. The van der Waals surface area contributed by atoms with Gasteiger partial charge in [-0.05, 0) is 66.9 Å². The molecule has 1 aromatic carbocycles. The zero-order valence-corrected chi connectivity index (χ0v) is 20.2. The molecule has 3 aromatic heterocycles. The number of ketones is 1. The molecule has 36 heavy (non-hydrogen) atoms. The van der Waals surface area contributed by atoms with E-state index in [2.05, 4.69) is 20.1 Å². The highest BCUT2D eigenvalue weighted by Gasteiger charge is 2.27. The summed E-state index contributed by atoms with van der Waals surface area (Å²) in [5.41, 5.74) is 4.62. The number of rotatable bonds is 7. The van der Waals surface area contributed by atoms with Crippen molar-refractivity contribution in [3.05, 3.63) is 112 Å². The Bertz CT molecular complexity index is 1440. The average molecular weight is 501 g/mol. The van der Waals surface area contributed by atoms with Crippen LogP contribution in [0.4, 0.5) is 4.39 Å². The molecule has 6 nitrogen and oxygen atoms in total. The molecule has 4 heterocycles. The predicted octanol–water partition coefficient (Wildman–Crippen LogP) is 6.32. The number of benzene rings is 1. The molecule has 0 saturated heterocycles. The van der Waals surface area contributed by atoms with Gasteiger partial charge in [0.25, 0.3) is 0 Å². The summed E-state index contributed by atoms with van der Waals surface area (Å²) >= 11 is 5.86. The number of Topliss-reactive ketones (excluding diaryl/α,β-unsaturated/α-hetero) is 1. The van der Waals surface area contributed by atoms with Gasteiger partial charge in [0, 0.05) is 36.4 Å². The molecule has 0 fully saturated rings. The first-order chi connectivity index (χ1) is 17.5. The summed E-state index contributed by atoms with van der Waals surface area (Å²) < 4.78 is 14.9. The summed E-state index contributed by atoms with van der Waals surface area (Å²) in [4.78, 5) is 31.9. The van der Waals surface area contributed by atoms with Crippen molar-refractivity contribution in [3.8, 4) is 11.3 Å². The maximum absolute atomic E-state index is 14.9. The van der Waals surface area contributed by atoms with Crippen LogP contribution in [0.1, 0.15) is 51.8 Å². The molecular formula is C28H22ClFN4O2. The average Bonchev–Trinajstić information content (AvgIpc) is 3.39. The third-order valence-corrected chi connectivity index (χ3v) is 6.18. The minimum atomic E-state index is -0.402. The summed E-state index contributed by atoms with van der Waals surface area (Å²) in [5, 5.41) is 4.63. The summed E-state index contributed by atoms with van der Waals surface area (Å²) in [6.45, 7) is 1.82. The minimum absolute atomic E-state index is 0.0943. The van der Waals surface area contributed by atoms with E-state index < -0.39 is 5.82 Å². The van der Waals surface area contributed by atoms with Crippen LogP contribution in [-0.2, 0) is 11.3 Å². The third kappa shape index (κ3) is 5.31. The number of hydrogen-bond donors (Lipinski definition) is 0. The van der Waals surface area contributed by atoms with Crippen molar-refractivity contribution in [2.24, 2.45) is 5.16 Å². The third-order valence-electron chi connectivity index (χ3n) is 5.96. The number of oxime groups is 1. The van der Waals surface area contributed by atoms with Crippen LogP contribution in [-0.4, -0.2) is 26.4 Å². The van der Waals surface area contributed by atoms with Crippen LogP contribution in [0.2, 0.25) is 5.15 Å². The lowest BCUT2D eigenvalue weighted by atomic mass is 9.98. The maximum Gasteiger partial charge on any atom is 0.175 e. The normalized spacial score (nSPS) is 14.9. The molecule has 0 aliphatic carbocycles. The summed E-state index contributed by atoms with van der Waals surface area (Å²) in [7, 11) is 0. The lowest BCUT2D eigenvalue weighted by Crippen LogP contribution is -2.09. The fourth-order valence-electron chi connectivity index (χ4n) is 4.02. The number of carbonyl (C=O) groups excluding carboxylic acids is 1. The zero-order valence-electron chi connectivity index (χ0n) is 19.5. The first kappa shape index (κ1) is 23.8. The molecule has 0 bridgehead atoms. The van der Waals surface area contributed by atoms with Gasteiger partial charge < -0.3 is 4.84 Å². The van der Waals surface area contributed by atoms with Gasteiger partial charge in [-0.2, -0.15) is 0 Å². The number of halogens is 2. The number of aryl methyl sites for hydroxylation is 2. The highest BCUT2D eigenvalue weighted by Crippen LogP contribution is 2.30. The predicted molar refractivity (Wildman–Crippen MR) is 135 cm³/mol. The van der Waals surface area contributed by atoms with Crippen LogP contribution < -0.4 is 0 Å². The van der Waals surface area contributed by atoms with Crippen LogP contribution >= 0.6 is 11.6 Å². The molecule has 0 saturated carbocycles. The molecule has 8 heteroatoms. The van der Waals surface area contributed by atoms with Crippen LogP contribution in [0.25, 0.3) is 11.3 Å². The monoisotopic (exact) mass is 500 g/mol. The number of nitrogens with zero attached hydrogens (tertiary/aromatic N) is 4.